The van der Waals surface area contributed by atoms with E-state index in [0.717, 1.165) is 46.9 Å². The molecule has 4 aromatic rings. The Balaban J connectivity index is 1.43. The van der Waals surface area contributed by atoms with E-state index in [4.69, 9.17) is 0 Å². The average molecular weight is 625 g/mol. The highest BCUT2D eigenvalue weighted by Crippen LogP contribution is 2.38. The lowest BCUT2D eigenvalue weighted by Crippen LogP contribution is -2.25. The molecule has 0 bridgehead atoms. The van der Waals surface area contributed by atoms with Crippen LogP contribution in [0.15, 0.2) is 101 Å². The van der Waals surface area contributed by atoms with E-state index in [1.807, 2.05) is 0 Å². The number of aromatic hydroxyl groups is 1. The smallest absolute Gasteiger partial charge is 0.446 e. The molecule has 41 heavy (non-hydrogen) atoms. The van der Waals surface area contributed by atoms with Gasteiger partial charge in [-0.3, -0.25) is 9.35 Å². The van der Waals surface area contributed by atoms with Crippen molar-refractivity contribution in [3.05, 3.63) is 108 Å². The Labute approximate surface area is 241 Å². The van der Waals surface area contributed by atoms with Gasteiger partial charge in [-0.2, -0.15) is 21.6 Å². The second kappa shape index (κ2) is 12.4. The number of hydrogen-bond acceptors (Lipinski definition) is 6. The van der Waals surface area contributed by atoms with E-state index in [9.17, 15) is 40.4 Å². The Bertz CT molecular complexity index is 1630. The van der Waals surface area contributed by atoms with Gasteiger partial charge >= 0.3 is 15.8 Å². The van der Waals surface area contributed by atoms with E-state index in [2.05, 4.69) is 5.32 Å². The van der Waals surface area contributed by atoms with Crippen LogP contribution in [-0.2, 0) is 16.1 Å². The summed E-state index contributed by atoms with van der Waals surface area (Å²) in [4.78, 5) is 13.7. The number of nitrogens with zero attached hydrogens (tertiary/aromatic N) is 1. The van der Waals surface area contributed by atoms with E-state index in [0.29, 0.717) is 10.1 Å². The highest BCUT2D eigenvalue weighted by atomic mass is 32.2. The van der Waals surface area contributed by atoms with Gasteiger partial charge in [0, 0.05) is 26.8 Å². The highest BCUT2D eigenvalue weighted by Gasteiger charge is 2.29. The summed E-state index contributed by atoms with van der Waals surface area (Å²) in [5.74, 6) is -1.21. The van der Waals surface area contributed by atoms with Crippen molar-refractivity contribution in [2.24, 2.45) is 0 Å². The van der Waals surface area contributed by atoms with Crippen LogP contribution in [0.25, 0.3) is 0 Å². The van der Waals surface area contributed by atoms with E-state index >= 15 is 0 Å². The summed E-state index contributed by atoms with van der Waals surface area (Å²) in [5, 5.41) is 12.9. The number of phenols is 1. The van der Waals surface area contributed by atoms with Crippen LogP contribution in [0.4, 0.5) is 34.6 Å². The van der Waals surface area contributed by atoms with Gasteiger partial charge < -0.3 is 10.4 Å². The largest absolute Gasteiger partial charge is 0.506 e. The molecule has 3 N–H and O–H groups in total. The number of halogens is 4. The Kier molecular flexibility index (Phi) is 9.17. The molecule has 0 heterocycles. The van der Waals surface area contributed by atoms with Gasteiger partial charge in [0.1, 0.15) is 17.3 Å². The van der Waals surface area contributed by atoms with Crippen molar-refractivity contribution in [2.75, 3.05) is 9.62 Å². The molecule has 0 unspecified atom stereocenters. The number of thioether (sulfide) groups is 2. The minimum atomic E-state index is -4.95. The van der Waals surface area contributed by atoms with Crippen LogP contribution in [0.1, 0.15) is 15.9 Å². The minimum absolute atomic E-state index is 0.0964. The Morgan fingerprint density at radius 3 is 2.07 bits per heavy atom. The predicted molar refractivity (Wildman–Crippen MR) is 151 cm³/mol. The average Bonchev–Trinajstić information content (AvgIpc) is 2.90. The molecular formula is C27H20F4N2O5S3. The number of anilines is 3. The molecular weight excluding hydrogens is 604 g/mol. The minimum Gasteiger partial charge on any atom is -0.506 e. The van der Waals surface area contributed by atoms with Crippen LogP contribution < -0.4 is 9.62 Å². The van der Waals surface area contributed by atoms with Crippen molar-refractivity contribution >= 4 is 56.8 Å². The van der Waals surface area contributed by atoms with Crippen LogP contribution in [0.5, 0.6) is 5.75 Å². The monoisotopic (exact) mass is 624 g/mol. The predicted octanol–water partition coefficient (Wildman–Crippen LogP) is 7.63. The van der Waals surface area contributed by atoms with Gasteiger partial charge in [-0.05, 0) is 96.2 Å². The first-order valence-electron chi connectivity index (χ1n) is 11.5. The SMILES string of the molecule is O=C(Nc1ccc(O)c(N(c2ccc(F)cc2)S(=O)(=O)O)c1)c1ccc(CSc2ccc(SC(F)(F)F)cc2)cc1. The topological polar surface area (TPSA) is 107 Å². The summed E-state index contributed by atoms with van der Waals surface area (Å²) < 4.78 is 85.2. The summed E-state index contributed by atoms with van der Waals surface area (Å²) in [6.45, 7) is 0. The molecule has 4 aromatic carbocycles. The van der Waals surface area contributed by atoms with E-state index < -0.39 is 33.3 Å². The van der Waals surface area contributed by atoms with Crippen molar-refractivity contribution in [2.45, 2.75) is 21.1 Å². The summed E-state index contributed by atoms with van der Waals surface area (Å²) in [6.07, 6.45) is 0. The van der Waals surface area contributed by atoms with Crippen LogP contribution in [0.2, 0.25) is 0 Å². The second-order valence-electron chi connectivity index (χ2n) is 8.38. The number of nitrogens with one attached hydrogen (secondary N) is 1. The first kappa shape index (κ1) is 30.2. The first-order chi connectivity index (χ1) is 19.3. The third-order valence-electron chi connectivity index (χ3n) is 5.42. The molecule has 14 heteroatoms. The fraction of sp³-hybridized carbons (Fsp3) is 0.0741. The lowest BCUT2D eigenvalue weighted by Gasteiger charge is -2.22. The fourth-order valence-corrected chi connectivity index (χ4v) is 5.77. The normalized spacial score (nSPS) is 11.7. The number of rotatable bonds is 9. The van der Waals surface area contributed by atoms with E-state index in [1.54, 1.807) is 36.4 Å². The maximum absolute atomic E-state index is 13.3. The van der Waals surface area contributed by atoms with Crippen LogP contribution in [0.3, 0.4) is 0 Å². The molecule has 7 nitrogen and oxygen atoms in total. The zero-order valence-corrected chi connectivity index (χ0v) is 23.1. The number of benzene rings is 4. The molecule has 0 radical (unpaired) electrons. The summed E-state index contributed by atoms with van der Waals surface area (Å²) >= 11 is 1.23. The third-order valence-corrected chi connectivity index (χ3v) is 8.11. The Morgan fingerprint density at radius 2 is 1.49 bits per heavy atom. The summed E-state index contributed by atoms with van der Waals surface area (Å²) in [7, 11) is -4.95. The van der Waals surface area contributed by atoms with Gasteiger partial charge in [-0.25, -0.2) is 8.70 Å². The standard InChI is InChI=1S/C27H20F4N2O5S3/c28-19-5-8-21(9-6-19)33(41(36,37)38)24-15-20(7-14-25(24)34)32-26(35)18-3-1-17(2-4-18)16-39-22-10-12-23(13-11-22)40-27(29,30)31/h1-15,34H,16H2,(H,32,35)(H,36,37,38). The van der Waals surface area contributed by atoms with Gasteiger partial charge in [0.25, 0.3) is 5.91 Å². The van der Waals surface area contributed by atoms with Gasteiger partial charge in [0.15, 0.2) is 0 Å². The molecule has 0 aromatic heterocycles. The molecule has 0 aliphatic carbocycles. The zero-order valence-electron chi connectivity index (χ0n) is 20.7. The lowest BCUT2D eigenvalue weighted by molar-refractivity contribution is -0.0328. The summed E-state index contributed by atoms with van der Waals surface area (Å²) in [5.41, 5.74) is -3.66. The second-order valence-corrected chi connectivity index (χ2v) is 11.8. The molecule has 0 saturated heterocycles. The van der Waals surface area contributed by atoms with Crippen molar-refractivity contribution in [3.63, 3.8) is 0 Å². The van der Waals surface area contributed by atoms with Crippen LogP contribution in [0, 0.1) is 5.82 Å². The van der Waals surface area contributed by atoms with E-state index in [-0.39, 0.29) is 39.3 Å². The van der Waals surface area contributed by atoms with Crippen LogP contribution >= 0.6 is 23.5 Å². The molecule has 0 aliphatic heterocycles. The third kappa shape index (κ3) is 8.39. The zero-order chi connectivity index (χ0) is 29.8. The number of phenolic OH excluding ortho intramolecular Hbond substituents is 1. The molecule has 214 valence electrons. The fourth-order valence-electron chi connectivity index (χ4n) is 3.60. The number of alkyl halides is 3. The van der Waals surface area contributed by atoms with Gasteiger partial charge in [0.2, 0.25) is 0 Å². The van der Waals surface area contributed by atoms with Gasteiger partial charge in [0.05, 0.1) is 5.69 Å². The number of amides is 1. The van der Waals surface area contributed by atoms with Crippen molar-refractivity contribution in [1.82, 2.24) is 0 Å². The molecule has 0 atom stereocenters. The van der Waals surface area contributed by atoms with Crippen molar-refractivity contribution in [1.29, 1.82) is 0 Å². The molecule has 0 saturated carbocycles. The quantitative estimate of drug-likeness (QED) is 0.0761. The molecule has 0 aliphatic rings. The molecule has 4 rings (SSSR count). The van der Waals surface area contributed by atoms with Gasteiger partial charge in [-0.15, -0.1) is 11.8 Å². The van der Waals surface area contributed by atoms with Crippen molar-refractivity contribution < 1.29 is 40.4 Å². The maximum atomic E-state index is 13.3. The number of carbonyl (C=O) groups excluding carboxylic acids is 1. The Hall–Kier alpha value is -3.72. The molecule has 0 spiro atoms. The summed E-state index contributed by atoms with van der Waals surface area (Å²) in [6, 6.07) is 20.3. The molecule has 1 amide bonds. The first-order valence-corrected chi connectivity index (χ1v) is 14.7. The van der Waals surface area contributed by atoms with Crippen LogP contribution in [-0.4, -0.2) is 29.5 Å². The van der Waals surface area contributed by atoms with Gasteiger partial charge in [-0.1, -0.05) is 12.1 Å². The number of carbonyl (C=O) groups is 1. The lowest BCUT2D eigenvalue weighted by atomic mass is 10.1. The van der Waals surface area contributed by atoms with Crippen molar-refractivity contribution in [3.8, 4) is 5.75 Å². The Morgan fingerprint density at radius 1 is 0.878 bits per heavy atom. The van der Waals surface area contributed by atoms with E-state index in [1.165, 1.54) is 30.0 Å². The maximum Gasteiger partial charge on any atom is 0.446 e. The highest BCUT2D eigenvalue weighted by molar-refractivity contribution is 8.00. The molecule has 0 fully saturated rings. The number of hydrogen-bond donors (Lipinski definition) is 3.